The molecule has 1 aliphatic heterocycles. The maximum Gasteiger partial charge on any atom is 0.238 e. The fourth-order valence-electron chi connectivity index (χ4n) is 1.99. The van der Waals surface area contributed by atoms with E-state index in [4.69, 9.17) is 0 Å². The quantitative estimate of drug-likeness (QED) is 0.867. The number of nitrogens with one attached hydrogen (secondary N) is 2. The molecule has 0 radical (unpaired) electrons. The van der Waals surface area contributed by atoms with E-state index in [9.17, 15) is 4.79 Å². The van der Waals surface area contributed by atoms with Crippen LogP contribution in [0, 0.1) is 0 Å². The molecule has 2 rings (SSSR count). The van der Waals surface area contributed by atoms with Gasteiger partial charge in [0.1, 0.15) is 0 Å². The molecule has 1 saturated heterocycles. The summed E-state index contributed by atoms with van der Waals surface area (Å²) in [6.07, 6.45) is 0.893. The van der Waals surface area contributed by atoms with Crippen molar-refractivity contribution >= 4 is 33.2 Å². The van der Waals surface area contributed by atoms with Crippen molar-refractivity contribution in [1.82, 2.24) is 15.5 Å². The van der Waals surface area contributed by atoms with Crippen LogP contribution in [0.2, 0.25) is 0 Å². The Labute approximate surface area is 120 Å². The monoisotopic (exact) mass is 331 g/mol. The minimum absolute atomic E-state index is 0.0705. The highest BCUT2D eigenvalue weighted by Crippen LogP contribution is 2.19. The van der Waals surface area contributed by atoms with Crippen molar-refractivity contribution in [3.05, 3.63) is 20.8 Å². The maximum absolute atomic E-state index is 11.9. The summed E-state index contributed by atoms with van der Waals surface area (Å²) < 4.78 is 1.12. The van der Waals surface area contributed by atoms with E-state index in [0.29, 0.717) is 6.54 Å². The molecule has 1 unspecified atom stereocenters. The summed E-state index contributed by atoms with van der Waals surface area (Å²) in [5, 5.41) is 8.30. The Morgan fingerprint density at radius 3 is 3.22 bits per heavy atom. The third-order valence-corrected chi connectivity index (χ3v) is 4.74. The molecule has 2 N–H and O–H groups in total. The van der Waals surface area contributed by atoms with Gasteiger partial charge in [0.2, 0.25) is 5.91 Å². The molecule has 0 spiro atoms. The molecule has 1 amide bonds. The van der Waals surface area contributed by atoms with Crippen molar-refractivity contribution in [1.29, 1.82) is 0 Å². The number of amides is 1. The summed E-state index contributed by atoms with van der Waals surface area (Å²) in [6.45, 7) is 3.38. The highest BCUT2D eigenvalue weighted by atomic mass is 79.9. The number of halogens is 1. The van der Waals surface area contributed by atoms with Gasteiger partial charge >= 0.3 is 0 Å². The molecular weight excluding hydrogens is 314 g/mol. The van der Waals surface area contributed by atoms with E-state index in [1.54, 1.807) is 11.3 Å². The van der Waals surface area contributed by atoms with Crippen LogP contribution in [0.25, 0.3) is 0 Å². The first-order chi connectivity index (χ1) is 8.65. The van der Waals surface area contributed by atoms with Crippen molar-refractivity contribution in [2.24, 2.45) is 0 Å². The Balaban J connectivity index is 1.71. The summed E-state index contributed by atoms with van der Waals surface area (Å²) in [7, 11) is 2.05. The van der Waals surface area contributed by atoms with Gasteiger partial charge < -0.3 is 15.5 Å². The standard InChI is InChI=1S/C12H18BrN3OS/c1-16-5-4-14-11(7-16)12(17)15-3-2-10-6-9(13)8-18-10/h6,8,11,14H,2-5,7H2,1H3,(H,15,17). The zero-order valence-corrected chi connectivity index (χ0v) is 12.8. The highest BCUT2D eigenvalue weighted by molar-refractivity contribution is 9.10. The van der Waals surface area contributed by atoms with Crippen molar-refractivity contribution in [2.45, 2.75) is 12.5 Å². The Bertz CT molecular complexity index is 410. The first kappa shape index (κ1) is 14.0. The van der Waals surface area contributed by atoms with Crippen LogP contribution in [-0.4, -0.2) is 50.1 Å². The van der Waals surface area contributed by atoms with Gasteiger partial charge in [-0.25, -0.2) is 0 Å². The molecule has 1 aromatic heterocycles. The van der Waals surface area contributed by atoms with Crippen LogP contribution >= 0.6 is 27.3 Å². The molecule has 2 heterocycles. The van der Waals surface area contributed by atoms with Crippen LogP contribution < -0.4 is 10.6 Å². The molecule has 0 aliphatic carbocycles. The van der Waals surface area contributed by atoms with Crippen LogP contribution in [0.1, 0.15) is 4.88 Å². The van der Waals surface area contributed by atoms with Gasteiger partial charge in [0, 0.05) is 40.9 Å². The molecule has 4 nitrogen and oxygen atoms in total. The topological polar surface area (TPSA) is 44.4 Å². The lowest BCUT2D eigenvalue weighted by atomic mass is 10.2. The number of thiophene rings is 1. The number of piperazine rings is 1. The van der Waals surface area contributed by atoms with Gasteiger partial charge in [-0.1, -0.05) is 0 Å². The van der Waals surface area contributed by atoms with Crippen LogP contribution in [0.15, 0.2) is 15.9 Å². The Hall–Kier alpha value is -0.430. The van der Waals surface area contributed by atoms with Gasteiger partial charge in [0.15, 0.2) is 0 Å². The number of rotatable bonds is 4. The fraction of sp³-hybridized carbons (Fsp3) is 0.583. The molecule has 1 aromatic rings. The minimum atomic E-state index is -0.0705. The lowest BCUT2D eigenvalue weighted by Crippen LogP contribution is -2.56. The van der Waals surface area contributed by atoms with Gasteiger partial charge in [-0.15, -0.1) is 11.3 Å². The molecule has 100 valence electrons. The molecule has 1 aliphatic rings. The predicted molar refractivity (Wildman–Crippen MR) is 78.0 cm³/mol. The lowest BCUT2D eigenvalue weighted by molar-refractivity contribution is -0.124. The maximum atomic E-state index is 11.9. The second kappa shape index (κ2) is 6.65. The zero-order valence-electron chi connectivity index (χ0n) is 10.4. The van der Waals surface area contributed by atoms with Crippen molar-refractivity contribution in [2.75, 3.05) is 33.2 Å². The smallest absolute Gasteiger partial charge is 0.238 e. The molecule has 6 heteroatoms. The lowest BCUT2D eigenvalue weighted by Gasteiger charge is -2.29. The van der Waals surface area contributed by atoms with E-state index in [-0.39, 0.29) is 11.9 Å². The zero-order chi connectivity index (χ0) is 13.0. The summed E-state index contributed by atoms with van der Waals surface area (Å²) in [5.41, 5.74) is 0. The number of hydrogen-bond acceptors (Lipinski definition) is 4. The minimum Gasteiger partial charge on any atom is -0.354 e. The first-order valence-electron chi connectivity index (χ1n) is 6.07. The van der Waals surface area contributed by atoms with E-state index < -0.39 is 0 Å². The number of likely N-dealkylation sites (N-methyl/N-ethyl adjacent to an activating group) is 1. The number of nitrogens with zero attached hydrogens (tertiary/aromatic N) is 1. The Morgan fingerprint density at radius 1 is 1.72 bits per heavy atom. The molecule has 1 atom stereocenters. The van der Waals surface area contributed by atoms with E-state index in [1.165, 1.54) is 4.88 Å². The number of carbonyl (C=O) groups excluding carboxylic acids is 1. The van der Waals surface area contributed by atoms with Crippen LogP contribution in [0.5, 0.6) is 0 Å². The van der Waals surface area contributed by atoms with E-state index >= 15 is 0 Å². The van der Waals surface area contributed by atoms with Gasteiger partial charge in [0.05, 0.1) is 6.04 Å². The average molecular weight is 332 g/mol. The third kappa shape index (κ3) is 4.05. The third-order valence-electron chi connectivity index (χ3n) is 2.99. The van der Waals surface area contributed by atoms with E-state index in [1.807, 2.05) is 7.05 Å². The molecule has 18 heavy (non-hydrogen) atoms. The average Bonchev–Trinajstić information content (AvgIpc) is 2.75. The number of hydrogen-bond donors (Lipinski definition) is 2. The first-order valence-corrected chi connectivity index (χ1v) is 7.75. The van der Waals surface area contributed by atoms with Crippen LogP contribution in [0.4, 0.5) is 0 Å². The Kier molecular flexibility index (Phi) is 5.17. The summed E-state index contributed by atoms with van der Waals surface area (Å²) >= 11 is 5.14. The van der Waals surface area contributed by atoms with Gasteiger partial charge in [-0.05, 0) is 35.5 Å². The Morgan fingerprint density at radius 2 is 2.56 bits per heavy atom. The van der Waals surface area contributed by atoms with E-state index in [0.717, 1.165) is 30.5 Å². The van der Waals surface area contributed by atoms with Crippen molar-refractivity contribution < 1.29 is 4.79 Å². The van der Waals surface area contributed by atoms with Crippen LogP contribution in [0.3, 0.4) is 0 Å². The summed E-state index contributed by atoms with van der Waals surface area (Å²) in [6, 6.07) is 2.03. The summed E-state index contributed by atoms with van der Waals surface area (Å²) in [5.74, 6) is 0.108. The van der Waals surface area contributed by atoms with Crippen molar-refractivity contribution in [3.63, 3.8) is 0 Å². The fourth-order valence-corrected chi connectivity index (χ4v) is 3.44. The SMILES string of the molecule is CN1CCNC(C(=O)NCCc2cc(Br)cs2)C1. The molecule has 0 bridgehead atoms. The van der Waals surface area contributed by atoms with Gasteiger partial charge in [0.25, 0.3) is 0 Å². The molecule has 0 aromatic carbocycles. The highest BCUT2D eigenvalue weighted by Gasteiger charge is 2.22. The van der Waals surface area contributed by atoms with Crippen LogP contribution in [-0.2, 0) is 11.2 Å². The van der Waals surface area contributed by atoms with Gasteiger partial charge in [-0.3, -0.25) is 4.79 Å². The molecular formula is C12H18BrN3OS. The molecule has 0 saturated carbocycles. The van der Waals surface area contributed by atoms with Crippen molar-refractivity contribution in [3.8, 4) is 0 Å². The molecule has 1 fully saturated rings. The number of carbonyl (C=O) groups is 1. The van der Waals surface area contributed by atoms with Gasteiger partial charge in [-0.2, -0.15) is 0 Å². The second-order valence-electron chi connectivity index (χ2n) is 4.54. The largest absolute Gasteiger partial charge is 0.354 e. The summed E-state index contributed by atoms with van der Waals surface area (Å²) in [4.78, 5) is 15.4. The normalized spacial score (nSPS) is 20.9. The predicted octanol–water partition coefficient (Wildman–Crippen LogP) is 1.07. The van der Waals surface area contributed by atoms with E-state index in [2.05, 4.69) is 42.9 Å². The second-order valence-corrected chi connectivity index (χ2v) is 6.45.